The van der Waals surface area contributed by atoms with Crippen molar-refractivity contribution in [2.45, 2.75) is 4.90 Å². The van der Waals surface area contributed by atoms with E-state index >= 15 is 0 Å². The Balaban J connectivity index is 2.49. The van der Waals surface area contributed by atoms with Crippen molar-refractivity contribution in [2.24, 2.45) is 5.14 Å². The molecule has 0 spiro atoms. The Morgan fingerprint density at radius 3 is 2.75 bits per heavy atom. The van der Waals surface area contributed by atoms with Gasteiger partial charge in [0.25, 0.3) is 0 Å². The third kappa shape index (κ3) is 3.26. The van der Waals surface area contributed by atoms with Gasteiger partial charge in [-0.15, -0.1) is 0 Å². The number of benzene rings is 1. The van der Waals surface area contributed by atoms with Gasteiger partial charge >= 0.3 is 0 Å². The van der Waals surface area contributed by atoms with E-state index in [-0.39, 0.29) is 21.5 Å². The van der Waals surface area contributed by atoms with Crippen LogP contribution in [0.1, 0.15) is 0 Å². The Morgan fingerprint density at radius 2 is 2.10 bits per heavy atom. The average Bonchev–Trinajstić information content (AvgIpc) is 2.35. The molecular formula is C11H7BrClFN2O3S. The molecule has 0 amide bonds. The van der Waals surface area contributed by atoms with Gasteiger partial charge in [0.05, 0.1) is 9.50 Å². The molecule has 5 nitrogen and oxygen atoms in total. The molecule has 0 radical (unpaired) electrons. The molecule has 0 atom stereocenters. The molecule has 0 bridgehead atoms. The van der Waals surface area contributed by atoms with Crippen LogP contribution in [0.3, 0.4) is 0 Å². The zero-order valence-corrected chi connectivity index (χ0v) is 12.8. The van der Waals surface area contributed by atoms with Gasteiger partial charge in [0.2, 0.25) is 15.9 Å². The zero-order chi connectivity index (χ0) is 14.9. The second-order valence-electron chi connectivity index (χ2n) is 3.65. The van der Waals surface area contributed by atoms with Gasteiger partial charge in [-0.1, -0.05) is 11.6 Å². The van der Waals surface area contributed by atoms with Crippen LogP contribution in [0.5, 0.6) is 11.6 Å². The summed E-state index contributed by atoms with van der Waals surface area (Å²) in [6.07, 6.45) is 1.32. The summed E-state index contributed by atoms with van der Waals surface area (Å²) >= 11 is 8.73. The van der Waals surface area contributed by atoms with Gasteiger partial charge in [0.15, 0.2) is 0 Å². The number of sulfonamides is 1. The predicted molar refractivity (Wildman–Crippen MR) is 74.8 cm³/mol. The minimum absolute atomic E-state index is 0.0236. The van der Waals surface area contributed by atoms with Gasteiger partial charge in [-0.3, -0.25) is 0 Å². The average molecular weight is 382 g/mol. The van der Waals surface area contributed by atoms with Gasteiger partial charge in [-0.05, 0) is 34.1 Å². The predicted octanol–water partition coefficient (Wildman–Crippen LogP) is 3.08. The zero-order valence-electron chi connectivity index (χ0n) is 9.68. The van der Waals surface area contributed by atoms with E-state index in [0.29, 0.717) is 4.47 Å². The first kappa shape index (κ1) is 15.2. The lowest BCUT2D eigenvalue weighted by molar-refractivity contribution is 0.440. The Morgan fingerprint density at radius 1 is 1.40 bits per heavy atom. The van der Waals surface area contributed by atoms with E-state index in [2.05, 4.69) is 20.9 Å². The quantitative estimate of drug-likeness (QED) is 0.828. The second kappa shape index (κ2) is 5.65. The molecule has 9 heteroatoms. The van der Waals surface area contributed by atoms with Crippen molar-refractivity contribution in [3.05, 3.63) is 45.8 Å². The Bertz CT molecular complexity index is 770. The molecule has 1 aromatic carbocycles. The molecule has 0 saturated heterocycles. The highest BCUT2D eigenvalue weighted by molar-refractivity contribution is 9.10. The molecule has 1 aromatic heterocycles. The fourth-order valence-electron chi connectivity index (χ4n) is 1.36. The lowest BCUT2D eigenvalue weighted by Gasteiger charge is -2.10. The van der Waals surface area contributed by atoms with E-state index in [1.165, 1.54) is 24.4 Å². The molecule has 0 aliphatic rings. The summed E-state index contributed by atoms with van der Waals surface area (Å²) in [6, 6.07) is 4.92. The maximum absolute atomic E-state index is 13.4. The minimum Gasteiger partial charge on any atom is -0.436 e. The van der Waals surface area contributed by atoms with Crippen molar-refractivity contribution in [2.75, 3.05) is 0 Å². The summed E-state index contributed by atoms with van der Waals surface area (Å²) in [4.78, 5) is 3.47. The van der Waals surface area contributed by atoms with Crippen molar-refractivity contribution in [3.8, 4) is 11.6 Å². The lowest BCUT2D eigenvalue weighted by Crippen LogP contribution is -2.13. The van der Waals surface area contributed by atoms with Crippen LogP contribution in [0.2, 0.25) is 5.02 Å². The van der Waals surface area contributed by atoms with Crippen molar-refractivity contribution in [1.29, 1.82) is 0 Å². The molecule has 0 fully saturated rings. The molecule has 2 N–H and O–H groups in total. The molecule has 0 aliphatic heterocycles. The number of hydrogen-bond donors (Lipinski definition) is 1. The van der Waals surface area contributed by atoms with Crippen molar-refractivity contribution in [1.82, 2.24) is 4.98 Å². The molecule has 106 valence electrons. The van der Waals surface area contributed by atoms with Crippen LogP contribution < -0.4 is 9.88 Å². The maximum Gasteiger partial charge on any atom is 0.243 e. The van der Waals surface area contributed by atoms with E-state index in [1.807, 2.05) is 0 Å². The van der Waals surface area contributed by atoms with Gasteiger partial charge < -0.3 is 4.74 Å². The molecule has 2 aromatic rings. The Labute approximate surface area is 127 Å². The van der Waals surface area contributed by atoms with E-state index in [1.54, 1.807) is 0 Å². The smallest absolute Gasteiger partial charge is 0.243 e. The summed E-state index contributed by atoms with van der Waals surface area (Å²) in [7, 11) is -4.01. The highest BCUT2D eigenvalue weighted by atomic mass is 79.9. The normalized spacial score (nSPS) is 11.4. The number of pyridine rings is 1. The third-order valence-corrected chi connectivity index (χ3v) is 4.06. The van der Waals surface area contributed by atoms with E-state index < -0.39 is 15.8 Å². The highest BCUT2D eigenvalue weighted by Crippen LogP contribution is 2.34. The van der Waals surface area contributed by atoms with Gasteiger partial charge in [0, 0.05) is 12.3 Å². The molecule has 2 rings (SSSR count). The van der Waals surface area contributed by atoms with Crippen LogP contribution in [0, 0.1) is 5.82 Å². The number of primary sulfonamides is 1. The first-order valence-electron chi connectivity index (χ1n) is 5.09. The standard InChI is InChI=1S/C11H7BrClFN2O3S/c12-6-4-7(13)8(14)5-9(6)19-11-10(20(15,17)18)2-1-3-16-11/h1-5H,(H2,15,17,18). The number of ether oxygens (including phenoxy) is 1. The van der Waals surface area contributed by atoms with Crippen LogP contribution in [0.4, 0.5) is 4.39 Å². The molecular weight excluding hydrogens is 375 g/mol. The Kier molecular flexibility index (Phi) is 4.28. The maximum atomic E-state index is 13.4. The number of nitrogens with zero attached hydrogens (tertiary/aromatic N) is 1. The summed E-state index contributed by atoms with van der Waals surface area (Å²) in [5, 5.41) is 4.95. The number of aromatic nitrogens is 1. The summed E-state index contributed by atoms with van der Waals surface area (Å²) < 4.78 is 41.8. The van der Waals surface area contributed by atoms with E-state index in [9.17, 15) is 12.8 Å². The first-order valence-corrected chi connectivity index (χ1v) is 7.81. The van der Waals surface area contributed by atoms with Crippen molar-refractivity contribution >= 4 is 37.6 Å². The van der Waals surface area contributed by atoms with E-state index in [4.69, 9.17) is 21.5 Å². The first-order chi connectivity index (χ1) is 9.29. The number of hydrogen-bond acceptors (Lipinski definition) is 4. The fourth-order valence-corrected chi connectivity index (χ4v) is 2.68. The topological polar surface area (TPSA) is 82.3 Å². The van der Waals surface area contributed by atoms with Crippen LogP contribution in [0.25, 0.3) is 0 Å². The Hall–Kier alpha value is -1.22. The van der Waals surface area contributed by atoms with E-state index in [0.717, 1.165) is 6.07 Å². The summed E-state index contributed by atoms with van der Waals surface area (Å²) in [6.45, 7) is 0. The van der Waals surface area contributed by atoms with Crippen molar-refractivity contribution in [3.63, 3.8) is 0 Å². The van der Waals surface area contributed by atoms with Gasteiger partial charge in [0.1, 0.15) is 16.5 Å². The largest absolute Gasteiger partial charge is 0.436 e. The second-order valence-corrected chi connectivity index (χ2v) is 6.44. The number of halogens is 3. The third-order valence-electron chi connectivity index (χ3n) is 2.22. The highest BCUT2D eigenvalue weighted by Gasteiger charge is 2.18. The number of nitrogens with two attached hydrogens (primary N) is 1. The van der Waals surface area contributed by atoms with Gasteiger partial charge in [-0.2, -0.15) is 0 Å². The molecule has 0 unspecified atom stereocenters. The SMILES string of the molecule is NS(=O)(=O)c1cccnc1Oc1cc(F)c(Cl)cc1Br. The fraction of sp³-hybridized carbons (Fsp3) is 0. The van der Waals surface area contributed by atoms with Crippen LogP contribution in [-0.2, 0) is 10.0 Å². The summed E-state index contributed by atoms with van der Waals surface area (Å²) in [5.41, 5.74) is 0. The lowest BCUT2D eigenvalue weighted by atomic mass is 10.3. The van der Waals surface area contributed by atoms with Crippen molar-refractivity contribution < 1.29 is 17.5 Å². The minimum atomic E-state index is -4.01. The summed E-state index contributed by atoms with van der Waals surface area (Å²) in [5.74, 6) is -0.939. The molecule has 0 saturated carbocycles. The molecule has 0 aliphatic carbocycles. The van der Waals surface area contributed by atoms with Crippen LogP contribution >= 0.6 is 27.5 Å². The number of rotatable bonds is 3. The van der Waals surface area contributed by atoms with Crippen LogP contribution in [-0.4, -0.2) is 13.4 Å². The van der Waals surface area contributed by atoms with Crippen LogP contribution in [0.15, 0.2) is 39.8 Å². The van der Waals surface area contributed by atoms with Gasteiger partial charge in [-0.25, -0.2) is 22.9 Å². The monoisotopic (exact) mass is 380 g/mol. The molecule has 20 heavy (non-hydrogen) atoms. The molecule has 1 heterocycles.